The summed E-state index contributed by atoms with van der Waals surface area (Å²) in [6, 6.07) is -1.04. The van der Waals surface area contributed by atoms with Crippen LogP contribution in [0.15, 0.2) is 11.3 Å². The van der Waals surface area contributed by atoms with Crippen molar-refractivity contribution in [3.05, 3.63) is 11.3 Å². The number of aliphatic carboxylic acids is 1. The molecule has 0 bridgehead atoms. The number of carboxylic acid groups (broad SMARTS) is 1. The molecule has 3 unspecified atom stereocenters. The Balaban J connectivity index is 2.47. The summed E-state index contributed by atoms with van der Waals surface area (Å²) in [5.41, 5.74) is -0.0795. The predicted octanol–water partition coefficient (Wildman–Crippen LogP) is 0.519. The van der Waals surface area contributed by atoms with E-state index in [0.717, 1.165) is 4.90 Å². The minimum atomic E-state index is -1.73. The largest absolute Gasteiger partial charge is 0.477 e. The van der Waals surface area contributed by atoms with Gasteiger partial charge in [-0.25, -0.2) is 4.79 Å². The summed E-state index contributed by atoms with van der Waals surface area (Å²) in [6.45, 7) is 1.44. The van der Waals surface area contributed by atoms with Crippen LogP contribution in [-0.2, 0) is 25.2 Å². The van der Waals surface area contributed by atoms with E-state index in [1.54, 1.807) is 0 Å². The molecule has 2 aliphatic rings. The maximum absolute atomic E-state index is 12.6. The van der Waals surface area contributed by atoms with Gasteiger partial charge in [0.15, 0.2) is 3.79 Å². The Hall–Kier alpha value is -0.830. The summed E-state index contributed by atoms with van der Waals surface area (Å²) < 4.78 is 10.9. The maximum Gasteiger partial charge on any atom is 0.352 e. The van der Waals surface area contributed by atoms with Crippen molar-refractivity contribution < 1.29 is 23.7 Å². The van der Waals surface area contributed by atoms with Crippen LogP contribution >= 0.6 is 34.8 Å². The number of rotatable bonds is 4. The maximum atomic E-state index is 12.6. The molecule has 0 aliphatic carbocycles. The van der Waals surface area contributed by atoms with E-state index >= 15 is 0 Å². The fourth-order valence-electron chi connectivity index (χ4n) is 2.57. The topological polar surface area (TPSA) is 104 Å². The van der Waals surface area contributed by atoms with Crippen molar-refractivity contribution in [3.8, 4) is 0 Å². The third-order valence-corrected chi connectivity index (χ3v) is 6.03. The number of fused-ring (bicyclic) bond motifs is 1. The summed E-state index contributed by atoms with van der Waals surface area (Å²) in [7, 11) is -1.72. The first-order valence-electron chi connectivity index (χ1n) is 6.03. The van der Waals surface area contributed by atoms with Crippen LogP contribution in [-0.4, -0.2) is 53.0 Å². The smallest absolute Gasteiger partial charge is 0.352 e. The van der Waals surface area contributed by atoms with Crippen LogP contribution in [0.2, 0.25) is 0 Å². The van der Waals surface area contributed by atoms with Gasteiger partial charge in [-0.15, -0.1) is 0 Å². The molecule has 4 atom stereocenters. The molecule has 0 radical (unpaired) electrons. The average Bonchev–Trinajstić information content (AvgIpc) is 2.39. The third kappa shape index (κ3) is 2.84. The van der Waals surface area contributed by atoms with Gasteiger partial charge in [0.25, 0.3) is 5.91 Å². The second kappa shape index (κ2) is 5.99. The van der Waals surface area contributed by atoms with Gasteiger partial charge in [-0.1, -0.05) is 34.8 Å². The van der Waals surface area contributed by atoms with Gasteiger partial charge >= 0.3 is 5.97 Å². The molecule has 122 valence electrons. The first kappa shape index (κ1) is 17.5. The summed E-state index contributed by atoms with van der Waals surface area (Å²) in [5.74, 6) is -1.97. The van der Waals surface area contributed by atoms with Gasteiger partial charge in [-0.05, 0) is 12.5 Å². The highest BCUT2D eigenvalue weighted by Crippen LogP contribution is 2.43. The number of nitrogens with zero attached hydrogens (tertiary/aromatic N) is 1. The van der Waals surface area contributed by atoms with Gasteiger partial charge in [-0.3, -0.25) is 18.7 Å². The molecule has 22 heavy (non-hydrogen) atoms. The molecule has 0 aromatic heterocycles. The Morgan fingerprint density at radius 1 is 1.50 bits per heavy atom. The number of alkyl halides is 3. The molecule has 11 heteroatoms. The summed E-state index contributed by atoms with van der Waals surface area (Å²) in [4.78, 5) is 34.9. The van der Waals surface area contributed by atoms with Crippen LogP contribution in [0.3, 0.4) is 0 Å². The molecule has 2 aliphatic heterocycles. The van der Waals surface area contributed by atoms with Crippen molar-refractivity contribution in [2.45, 2.75) is 33.8 Å². The predicted molar refractivity (Wildman–Crippen MR) is 80.8 cm³/mol. The summed E-state index contributed by atoms with van der Waals surface area (Å²) in [5, 5.41) is 9.74. The third-order valence-electron chi connectivity index (χ3n) is 3.53. The Morgan fingerprint density at radius 2 is 2.09 bits per heavy atom. The van der Waals surface area contributed by atoms with E-state index in [2.05, 4.69) is 5.32 Å². The van der Waals surface area contributed by atoms with E-state index < -0.39 is 43.1 Å². The normalized spacial score (nSPS) is 31.5. The number of carbonyl (C=O) groups excluding carboxylic acids is 2. The van der Waals surface area contributed by atoms with Gasteiger partial charge in [0, 0.05) is 6.42 Å². The SMILES string of the molecule is CC1=C(C(=O)O)N2C(=O)C(NC=O)[C@H]2S(=O)C1CC(Cl)(Cl)Cl. The molecule has 2 rings (SSSR count). The standard InChI is InChI=1S/C11H11Cl3N2O5S/c1-4-5(2-11(12,13)14)22(21)9-6(15-3-17)8(18)16(9)7(4)10(19)20/h3,5-6,9H,2H2,1H3,(H,15,17)(H,19,20)/t5?,6?,9-,22?/m1/s1. The van der Waals surface area contributed by atoms with Gasteiger partial charge in [-0.2, -0.15) is 0 Å². The number of carboxylic acids is 1. The number of amides is 2. The number of carbonyl (C=O) groups is 3. The van der Waals surface area contributed by atoms with Crippen molar-refractivity contribution in [2.24, 2.45) is 0 Å². The molecule has 1 fully saturated rings. The van der Waals surface area contributed by atoms with Gasteiger partial charge < -0.3 is 10.4 Å². The monoisotopic (exact) mass is 388 g/mol. The zero-order valence-corrected chi connectivity index (χ0v) is 14.2. The minimum Gasteiger partial charge on any atom is -0.477 e. The lowest BCUT2D eigenvalue weighted by Gasteiger charge is -2.50. The second-order valence-electron chi connectivity index (χ2n) is 4.83. The zero-order chi connectivity index (χ0) is 16.8. The van der Waals surface area contributed by atoms with Crippen LogP contribution < -0.4 is 5.32 Å². The van der Waals surface area contributed by atoms with E-state index in [1.165, 1.54) is 6.92 Å². The van der Waals surface area contributed by atoms with E-state index in [1.807, 2.05) is 0 Å². The number of β-lactam (4-membered cyclic amide) rings is 1. The highest BCUT2D eigenvalue weighted by Gasteiger charge is 2.59. The molecule has 0 aromatic carbocycles. The Labute approximate surface area is 143 Å². The Bertz CT molecular complexity index is 603. The Kier molecular flexibility index (Phi) is 4.77. The average molecular weight is 390 g/mol. The highest BCUT2D eigenvalue weighted by molar-refractivity contribution is 7.86. The van der Waals surface area contributed by atoms with Crippen LogP contribution in [0.25, 0.3) is 0 Å². The van der Waals surface area contributed by atoms with Crippen LogP contribution in [0.1, 0.15) is 13.3 Å². The van der Waals surface area contributed by atoms with E-state index in [0.29, 0.717) is 6.41 Å². The highest BCUT2D eigenvalue weighted by atomic mass is 35.6. The molecule has 0 spiro atoms. The molecule has 2 N–H and O–H groups in total. The summed E-state index contributed by atoms with van der Waals surface area (Å²) >= 11 is 17.2. The molecular weight excluding hydrogens is 379 g/mol. The van der Waals surface area contributed by atoms with Crippen molar-refractivity contribution in [1.82, 2.24) is 10.2 Å². The molecule has 7 nitrogen and oxygen atoms in total. The first-order chi connectivity index (χ1) is 10.1. The number of nitrogens with one attached hydrogen (secondary N) is 1. The zero-order valence-electron chi connectivity index (χ0n) is 11.1. The van der Waals surface area contributed by atoms with E-state index in [-0.39, 0.29) is 17.7 Å². The lowest BCUT2D eigenvalue weighted by Crippen LogP contribution is -2.73. The van der Waals surface area contributed by atoms with E-state index in [9.17, 15) is 23.7 Å². The molecule has 0 saturated carbocycles. The molecule has 2 amide bonds. The summed E-state index contributed by atoms with van der Waals surface area (Å²) in [6.07, 6.45) is 0.131. The Morgan fingerprint density at radius 3 is 2.55 bits per heavy atom. The van der Waals surface area contributed by atoms with Crippen molar-refractivity contribution in [1.29, 1.82) is 0 Å². The first-order valence-corrected chi connectivity index (χ1v) is 8.44. The van der Waals surface area contributed by atoms with E-state index in [4.69, 9.17) is 34.8 Å². The molecular formula is C11H11Cl3N2O5S. The fraction of sp³-hybridized carbons (Fsp3) is 0.545. The number of hydrogen-bond donors (Lipinski definition) is 2. The van der Waals surface area contributed by atoms with Crippen LogP contribution in [0.4, 0.5) is 0 Å². The molecule has 2 heterocycles. The fourth-order valence-corrected chi connectivity index (χ4v) is 5.40. The number of halogens is 3. The second-order valence-corrected chi connectivity index (χ2v) is 9.06. The van der Waals surface area contributed by atoms with Crippen molar-refractivity contribution in [2.75, 3.05) is 0 Å². The lowest BCUT2D eigenvalue weighted by molar-refractivity contribution is -0.150. The van der Waals surface area contributed by atoms with Gasteiger partial charge in [0.05, 0.1) is 16.0 Å². The lowest BCUT2D eigenvalue weighted by atomic mass is 10.0. The van der Waals surface area contributed by atoms with Gasteiger partial charge in [0.2, 0.25) is 6.41 Å². The minimum absolute atomic E-state index is 0.167. The molecule has 1 saturated heterocycles. The van der Waals surface area contributed by atoms with Crippen LogP contribution in [0, 0.1) is 0 Å². The molecule has 0 aromatic rings. The van der Waals surface area contributed by atoms with Crippen molar-refractivity contribution >= 4 is 63.9 Å². The quantitative estimate of drug-likeness (QED) is 0.414. The van der Waals surface area contributed by atoms with Crippen LogP contribution in [0.5, 0.6) is 0 Å². The van der Waals surface area contributed by atoms with Crippen molar-refractivity contribution in [3.63, 3.8) is 0 Å². The van der Waals surface area contributed by atoms with Gasteiger partial charge in [0.1, 0.15) is 17.1 Å². The number of hydrogen-bond acceptors (Lipinski definition) is 4.